The quantitative estimate of drug-likeness (QED) is 0.845. The van der Waals surface area contributed by atoms with Crippen LogP contribution in [0.1, 0.15) is 29.1 Å². The summed E-state index contributed by atoms with van der Waals surface area (Å²) in [5, 5.41) is 5.66. The highest BCUT2D eigenvalue weighted by Crippen LogP contribution is 2.17. The Kier molecular flexibility index (Phi) is 3.72. The number of carbonyl (C=O) groups excluding carboxylic acids is 1. The Hall–Kier alpha value is -0.350. The van der Waals surface area contributed by atoms with Crippen molar-refractivity contribution in [2.75, 3.05) is 5.33 Å². The summed E-state index contributed by atoms with van der Waals surface area (Å²) in [6, 6.07) is 1.96. The van der Waals surface area contributed by atoms with Gasteiger partial charge in [0.15, 0.2) is 0 Å². The Balaban J connectivity index is 2.73. The Labute approximate surface area is 96.8 Å². The molecule has 14 heavy (non-hydrogen) atoms. The minimum atomic E-state index is -0.201. The summed E-state index contributed by atoms with van der Waals surface area (Å²) in [7, 11) is 0. The molecule has 78 valence electrons. The molecule has 0 radical (unpaired) electrons. The maximum absolute atomic E-state index is 11.8. The SMILES string of the molecule is Cc1ccsc1C(=O)NC(C)(C)CBr. The Morgan fingerprint density at radius 1 is 1.64 bits per heavy atom. The van der Waals surface area contributed by atoms with Crippen LogP contribution in [0, 0.1) is 6.92 Å². The van der Waals surface area contributed by atoms with E-state index in [0.717, 1.165) is 15.8 Å². The van der Waals surface area contributed by atoms with Gasteiger partial charge in [-0.1, -0.05) is 15.9 Å². The maximum Gasteiger partial charge on any atom is 0.262 e. The van der Waals surface area contributed by atoms with E-state index in [9.17, 15) is 4.79 Å². The van der Waals surface area contributed by atoms with Crippen LogP contribution in [0.2, 0.25) is 0 Å². The van der Waals surface area contributed by atoms with Gasteiger partial charge in [0.05, 0.1) is 4.88 Å². The number of amides is 1. The molecule has 2 nitrogen and oxygen atoms in total. The van der Waals surface area contributed by atoms with Crippen molar-refractivity contribution in [1.82, 2.24) is 5.32 Å². The van der Waals surface area contributed by atoms with Gasteiger partial charge in [0, 0.05) is 10.9 Å². The van der Waals surface area contributed by atoms with Crippen molar-refractivity contribution < 1.29 is 4.79 Å². The minimum Gasteiger partial charge on any atom is -0.346 e. The molecule has 0 bridgehead atoms. The molecular formula is C10H14BrNOS. The van der Waals surface area contributed by atoms with Crippen LogP contribution in [-0.4, -0.2) is 16.8 Å². The summed E-state index contributed by atoms with van der Waals surface area (Å²) in [6.45, 7) is 5.93. The largest absolute Gasteiger partial charge is 0.346 e. The second-order valence-electron chi connectivity index (χ2n) is 3.90. The highest BCUT2D eigenvalue weighted by molar-refractivity contribution is 9.09. The van der Waals surface area contributed by atoms with Crippen molar-refractivity contribution in [1.29, 1.82) is 0 Å². The third kappa shape index (κ3) is 2.82. The predicted molar refractivity (Wildman–Crippen MR) is 64.4 cm³/mol. The number of rotatable bonds is 3. The van der Waals surface area contributed by atoms with Gasteiger partial charge >= 0.3 is 0 Å². The average molecular weight is 276 g/mol. The summed E-state index contributed by atoms with van der Waals surface area (Å²) in [6.07, 6.45) is 0. The zero-order valence-electron chi connectivity index (χ0n) is 8.56. The van der Waals surface area contributed by atoms with Crippen LogP contribution < -0.4 is 5.32 Å². The monoisotopic (exact) mass is 275 g/mol. The Bertz CT molecular complexity index is 333. The van der Waals surface area contributed by atoms with Gasteiger partial charge in [-0.15, -0.1) is 11.3 Å². The molecule has 1 aromatic rings. The molecule has 1 rings (SSSR count). The van der Waals surface area contributed by atoms with E-state index in [-0.39, 0.29) is 11.4 Å². The van der Waals surface area contributed by atoms with E-state index < -0.39 is 0 Å². The van der Waals surface area contributed by atoms with Crippen molar-refractivity contribution in [2.45, 2.75) is 26.3 Å². The van der Waals surface area contributed by atoms with Crippen LogP contribution in [0.3, 0.4) is 0 Å². The fourth-order valence-corrected chi connectivity index (χ4v) is 1.96. The van der Waals surface area contributed by atoms with E-state index in [1.165, 1.54) is 11.3 Å². The highest BCUT2D eigenvalue weighted by Gasteiger charge is 2.21. The number of nitrogens with one attached hydrogen (secondary N) is 1. The number of hydrogen-bond donors (Lipinski definition) is 1. The van der Waals surface area contributed by atoms with Crippen LogP contribution in [0.4, 0.5) is 0 Å². The van der Waals surface area contributed by atoms with Crippen LogP contribution >= 0.6 is 27.3 Å². The molecule has 0 spiro atoms. The average Bonchev–Trinajstić information content (AvgIpc) is 2.51. The lowest BCUT2D eigenvalue weighted by molar-refractivity contribution is 0.0925. The first-order chi connectivity index (χ1) is 6.46. The number of alkyl halides is 1. The predicted octanol–water partition coefficient (Wildman–Crippen LogP) is 2.96. The minimum absolute atomic E-state index is 0.0157. The van der Waals surface area contributed by atoms with E-state index >= 15 is 0 Å². The third-order valence-corrected chi connectivity index (χ3v) is 4.27. The summed E-state index contributed by atoms with van der Waals surface area (Å²) >= 11 is 4.85. The van der Waals surface area contributed by atoms with Crippen LogP contribution in [0.15, 0.2) is 11.4 Å². The number of aryl methyl sites for hydroxylation is 1. The van der Waals surface area contributed by atoms with E-state index in [1.54, 1.807) is 0 Å². The van der Waals surface area contributed by atoms with E-state index in [4.69, 9.17) is 0 Å². The molecule has 1 N–H and O–H groups in total. The number of thiophene rings is 1. The molecular weight excluding hydrogens is 262 g/mol. The zero-order valence-corrected chi connectivity index (χ0v) is 11.0. The third-order valence-electron chi connectivity index (χ3n) is 1.85. The van der Waals surface area contributed by atoms with Crippen molar-refractivity contribution in [3.63, 3.8) is 0 Å². The lowest BCUT2D eigenvalue weighted by Crippen LogP contribution is -2.44. The fraction of sp³-hybridized carbons (Fsp3) is 0.500. The fourth-order valence-electron chi connectivity index (χ4n) is 1.00. The van der Waals surface area contributed by atoms with Crippen molar-refractivity contribution >= 4 is 33.2 Å². The summed E-state index contributed by atoms with van der Waals surface area (Å²) in [5.41, 5.74) is 0.839. The lowest BCUT2D eigenvalue weighted by atomic mass is 10.1. The molecule has 0 saturated heterocycles. The molecule has 0 aromatic carbocycles. The van der Waals surface area contributed by atoms with Crippen molar-refractivity contribution in [3.8, 4) is 0 Å². The molecule has 1 amide bonds. The zero-order chi connectivity index (χ0) is 10.8. The molecule has 0 atom stereocenters. The number of halogens is 1. The van der Waals surface area contributed by atoms with Gasteiger partial charge in [0.2, 0.25) is 0 Å². The molecule has 4 heteroatoms. The first-order valence-corrected chi connectivity index (χ1v) is 6.39. The molecule has 0 unspecified atom stereocenters. The summed E-state index contributed by atoms with van der Waals surface area (Å²) < 4.78 is 0. The molecule has 0 fully saturated rings. The molecule has 0 saturated carbocycles. The topological polar surface area (TPSA) is 29.1 Å². The number of hydrogen-bond acceptors (Lipinski definition) is 2. The highest BCUT2D eigenvalue weighted by atomic mass is 79.9. The summed E-state index contributed by atoms with van der Waals surface area (Å²) in [5.74, 6) is 0.0157. The standard InChI is InChI=1S/C10H14BrNOS/c1-7-4-5-14-8(7)9(13)12-10(2,3)6-11/h4-5H,6H2,1-3H3,(H,12,13). The van der Waals surface area contributed by atoms with Gasteiger partial charge < -0.3 is 5.32 Å². The van der Waals surface area contributed by atoms with Gasteiger partial charge in [0.1, 0.15) is 0 Å². The molecule has 1 aromatic heterocycles. The molecule has 0 aliphatic heterocycles. The van der Waals surface area contributed by atoms with Gasteiger partial charge in [0.25, 0.3) is 5.91 Å². The van der Waals surface area contributed by atoms with Crippen LogP contribution in [-0.2, 0) is 0 Å². The van der Waals surface area contributed by atoms with Gasteiger partial charge in [-0.25, -0.2) is 0 Å². The lowest BCUT2D eigenvalue weighted by Gasteiger charge is -2.23. The Morgan fingerprint density at radius 3 is 2.71 bits per heavy atom. The van der Waals surface area contributed by atoms with Crippen molar-refractivity contribution in [2.24, 2.45) is 0 Å². The van der Waals surface area contributed by atoms with E-state index in [0.29, 0.717) is 0 Å². The number of carbonyl (C=O) groups is 1. The van der Waals surface area contributed by atoms with Crippen LogP contribution in [0.5, 0.6) is 0 Å². The second-order valence-corrected chi connectivity index (χ2v) is 5.38. The molecule has 1 heterocycles. The van der Waals surface area contributed by atoms with Crippen molar-refractivity contribution in [3.05, 3.63) is 21.9 Å². The smallest absolute Gasteiger partial charge is 0.262 e. The molecule has 0 aliphatic rings. The van der Waals surface area contributed by atoms with Crippen LogP contribution in [0.25, 0.3) is 0 Å². The first-order valence-electron chi connectivity index (χ1n) is 4.39. The second kappa shape index (κ2) is 4.45. The maximum atomic E-state index is 11.8. The van der Waals surface area contributed by atoms with Gasteiger partial charge in [-0.2, -0.15) is 0 Å². The van der Waals surface area contributed by atoms with Gasteiger partial charge in [-0.05, 0) is 37.8 Å². The van der Waals surface area contributed by atoms with E-state index in [1.807, 2.05) is 32.2 Å². The molecule has 0 aliphatic carbocycles. The first kappa shape index (κ1) is 11.7. The summed E-state index contributed by atoms with van der Waals surface area (Å²) in [4.78, 5) is 12.6. The van der Waals surface area contributed by atoms with E-state index in [2.05, 4.69) is 21.2 Å². The Morgan fingerprint density at radius 2 is 2.29 bits per heavy atom. The normalized spacial score (nSPS) is 11.4. The van der Waals surface area contributed by atoms with Gasteiger partial charge in [-0.3, -0.25) is 4.79 Å².